The molecule has 4 heteroatoms. The first-order valence-electron chi connectivity index (χ1n) is 6.81. The number of likely N-dealkylation sites (tertiary alicyclic amines) is 1. The summed E-state index contributed by atoms with van der Waals surface area (Å²) < 4.78 is 0. The average Bonchev–Trinajstić information content (AvgIpc) is 2.33. The molecule has 2 fully saturated rings. The van der Waals surface area contributed by atoms with Gasteiger partial charge in [-0.3, -0.25) is 4.79 Å². The minimum Gasteiger partial charge on any atom is -0.343 e. The first-order chi connectivity index (χ1) is 8.15. The second-order valence-corrected chi connectivity index (χ2v) is 5.55. The first-order valence-corrected chi connectivity index (χ1v) is 6.81. The lowest BCUT2D eigenvalue weighted by molar-refractivity contribution is -0.130. The number of amides is 1. The minimum absolute atomic E-state index is 0.239. The van der Waals surface area contributed by atoms with Crippen molar-refractivity contribution in [2.75, 3.05) is 52.9 Å². The van der Waals surface area contributed by atoms with Crippen LogP contribution in [0.2, 0.25) is 0 Å². The van der Waals surface area contributed by atoms with Gasteiger partial charge in [-0.15, -0.1) is 0 Å². The van der Waals surface area contributed by atoms with Crippen LogP contribution in [-0.2, 0) is 4.79 Å². The van der Waals surface area contributed by atoms with Crippen molar-refractivity contribution in [3.63, 3.8) is 0 Å². The van der Waals surface area contributed by atoms with Gasteiger partial charge in [0, 0.05) is 52.7 Å². The highest BCUT2D eigenvalue weighted by Crippen LogP contribution is 2.19. The summed E-state index contributed by atoms with van der Waals surface area (Å²) in [4.78, 5) is 18.2. The molecule has 0 aliphatic carbocycles. The molecule has 0 radical (unpaired) electrons. The molecule has 2 saturated heterocycles. The van der Waals surface area contributed by atoms with E-state index < -0.39 is 0 Å². The van der Waals surface area contributed by atoms with E-state index in [1.54, 1.807) is 6.92 Å². The fourth-order valence-corrected chi connectivity index (χ4v) is 2.83. The quantitative estimate of drug-likeness (QED) is 0.702. The Hall–Kier alpha value is -0.610. The predicted molar refractivity (Wildman–Crippen MR) is 68.9 cm³/mol. The second-order valence-electron chi connectivity index (χ2n) is 5.55. The highest BCUT2D eigenvalue weighted by Gasteiger charge is 2.23. The van der Waals surface area contributed by atoms with Gasteiger partial charge in [0.05, 0.1) is 0 Å². The molecule has 2 rings (SSSR count). The van der Waals surface area contributed by atoms with Crippen LogP contribution in [0.5, 0.6) is 0 Å². The molecule has 0 aromatic carbocycles. The molecule has 0 aromatic rings. The first kappa shape index (κ1) is 12.8. The zero-order valence-corrected chi connectivity index (χ0v) is 11.2. The summed E-state index contributed by atoms with van der Waals surface area (Å²) in [6.07, 6.45) is 2.37. The standard InChI is InChI=1S/C13H25N3O/c1-12(17)16-5-3-13(4-6-16)11-15-9-7-14(2)8-10-15/h13H,3-11H2,1-2H3. The summed E-state index contributed by atoms with van der Waals surface area (Å²) in [6, 6.07) is 0. The largest absolute Gasteiger partial charge is 0.343 e. The number of hydrogen-bond acceptors (Lipinski definition) is 3. The van der Waals surface area contributed by atoms with Gasteiger partial charge in [0.15, 0.2) is 0 Å². The molecule has 0 bridgehead atoms. The van der Waals surface area contributed by atoms with Crippen LogP contribution in [0.1, 0.15) is 19.8 Å². The van der Waals surface area contributed by atoms with Crippen molar-refractivity contribution in [1.29, 1.82) is 0 Å². The number of rotatable bonds is 2. The lowest BCUT2D eigenvalue weighted by Crippen LogP contribution is -2.47. The normalized spacial score (nSPS) is 25.2. The summed E-state index contributed by atoms with van der Waals surface area (Å²) in [5.41, 5.74) is 0. The lowest BCUT2D eigenvalue weighted by atomic mass is 9.96. The fourth-order valence-electron chi connectivity index (χ4n) is 2.83. The van der Waals surface area contributed by atoms with Crippen LogP contribution in [-0.4, -0.2) is 73.5 Å². The molecule has 0 spiro atoms. The molecule has 0 atom stereocenters. The van der Waals surface area contributed by atoms with E-state index in [9.17, 15) is 4.79 Å². The van der Waals surface area contributed by atoms with Gasteiger partial charge in [0.1, 0.15) is 0 Å². The fraction of sp³-hybridized carbons (Fsp3) is 0.923. The summed E-state index contributed by atoms with van der Waals surface area (Å²) in [7, 11) is 2.20. The van der Waals surface area contributed by atoms with Gasteiger partial charge in [-0.25, -0.2) is 0 Å². The lowest BCUT2D eigenvalue weighted by Gasteiger charge is -2.37. The predicted octanol–water partition coefficient (Wildman–Crippen LogP) is 0.492. The Morgan fingerprint density at radius 2 is 1.65 bits per heavy atom. The van der Waals surface area contributed by atoms with Gasteiger partial charge in [0.2, 0.25) is 5.91 Å². The highest BCUT2D eigenvalue weighted by molar-refractivity contribution is 5.73. The SMILES string of the molecule is CC(=O)N1CCC(CN2CCN(C)CC2)CC1. The van der Waals surface area contributed by atoms with Crippen LogP contribution in [0.15, 0.2) is 0 Å². The van der Waals surface area contributed by atoms with E-state index in [1.165, 1.54) is 45.6 Å². The molecule has 4 nitrogen and oxygen atoms in total. The van der Waals surface area contributed by atoms with Crippen LogP contribution in [0.25, 0.3) is 0 Å². The van der Waals surface area contributed by atoms with Crippen molar-refractivity contribution >= 4 is 5.91 Å². The molecule has 2 heterocycles. The molecular formula is C13H25N3O. The van der Waals surface area contributed by atoms with E-state index in [2.05, 4.69) is 16.8 Å². The maximum Gasteiger partial charge on any atom is 0.219 e. The van der Waals surface area contributed by atoms with E-state index in [4.69, 9.17) is 0 Å². The molecule has 0 saturated carbocycles. The number of carbonyl (C=O) groups excluding carboxylic acids is 1. The van der Waals surface area contributed by atoms with E-state index >= 15 is 0 Å². The maximum atomic E-state index is 11.2. The third-order valence-corrected chi connectivity index (χ3v) is 4.17. The summed E-state index contributed by atoms with van der Waals surface area (Å²) >= 11 is 0. The molecule has 1 amide bonds. The molecule has 2 aliphatic rings. The van der Waals surface area contributed by atoms with Crippen molar-refractivity contribution < 1.29 is 4.79 Å². The van der Waals surface area contributed by atoms with Crippen molar-refractivity contribution in [2.45, 2.75) is 19.8 Å². The van der Waals surface area contributed by atoms with Gasteiger partial charge < -0.3 is 14.7 Å². The number of piperidine rings is 1. The van der Waals surface area contributed by atoms with E-state index in [0.29, 0.717) is 0 Å². The maximum absolute atomic E-state index is 11.2. The van der Waals surface area contributed by atoms with Crippen LogP contribution < -0.4 is 0 Å². The van der Waals surface area contributed by atoms with Gasteiger partial charge in [-0.05, 0) is 25.8 Å². The number of piperazine rings is 1. The summed E-state index contributed by atoms with van der Waals surface area (Å²) in [5, 5.41) is 0. The molecule has 0 aromatic heterocycles. The van der Waals surface area contributed by atoms with Gasteiger partial charge in [-0.1, -0.05) is 0 Å². The number of likely N-dealkylation sites (N-methyl/N-ethyl adjacent to an activating group) is 1. The van der Waals surface area contributed by atoms with Crippen LogP contribution in [0, 0.1) is 5.92 Å². The molecule has 0 N–H and O–H groups in total. The minimum atomic E-state index is 0.239. The Morgan fingerprint density at radius 3 is 2.18 bits per heavy atom. The van der Waals surface area contributed by atoms with E-state index in [0.717, 1.165) is 19.0 Å². The third kappa shape index (κ3) is 3.68. The van der Waals surface area contributed by atoms with Crippen LogP contribution in [0.3, 0.4) is 0 Å². The number of hydrogen-bond donors (Lipinski definition) is 0. The van der Waals surface area contributed by atoms with Gasteiger partial charge in [0.25, 0.3) is 0 Å². The summed E-state index contributed by atoms with van der Waals surface area (Å²) in [6.45, 7) is 9.67. The van der Waals surface area contributed by atoms with Crippen LogP contribution >= 0.6 is 0 Å². The molecule has 17 heavy (non-hydrogen) atoms. The molecule has 98 valence electrons. The smallest absolute Gasteiger partial charge is 0.219 e. The third-order valence-electron chi connectivity index (χ3n) is 4.17. The Morgan fingerprint density at radius 1 is 1.06 bits per heavy atom. The van der Waals surface area contributed by atoms with Gasteiger partial charge in [-0.2, -0.15) is 0 Å². The van der Waals surface area contributed by atoms with Gasteiger partial charge >= 0.3 is 0 Å². The topological polar surface area (TPSA) is 26.8 Å². The Balaban J connectivity index is 1.69. The van der Waals surface area contributed by atoms with Crippen molar-refractivity contribution in [2.24, 2.45) is 5.92 Å². The zero-order valence-electron chi connectivity index (χ0n) is 11.2. The van der Waals surface area contributed by atoms with Crippen molar-refractivity contribution in [1.82, 2.24) is 14.7 Å². The van der Waals surface area contributed by atoms with Crippen molar-refractivity contribution in [3.05, 3.63) is 0 Å². The van der Waals surface area contributed by atoms with Crippen LogP contribution in [0.4, 0.5) is 0 Å². The highest BCUT2D eigenvalue weighted by atomic mass is 16.2. The molecular weight excluding hydrogens is 214 g/mol. The molecule has 0 unspecified atom stereocenters. The Bertz CT molecular complexity index is 253. The number of carbonyl (C=O) groups is 1. The Labute approximate surface area is 105 Å². The summed E-state index contributed by atoms with van der Waals surface area (Å²) in [5.74, 6) is 1.04. The van der Waals surface area contributed by atoms with E-state index in [-0.39, 0.29) is 5.91 Å². The Kier molecular flexibility index (Phi) is 4.40. The monoisotopic (exact) mass is 239 g/mol. The van der Waals surface area contributed by atoms with E-state index in [1.807, 2.05) is 4.90 Å². The zero-order chi connectivity index (χ0) is 12.3. The number of nitrogens with zero attached hydrogens (tertiary/aromatic N) is 3. The molecule has 2 aliphatic heterocycles. The van der Waals surface area contributed by atoms with Crippen molar-refractivity contribution in [3.8, 4) is 0 Å². The average molecular weight is 239 g/mol. The second kappa shape index (κ2) is 5.83.